The first-order valence-corrected chi connectivity index (χ1v) is 6.23. The Morgan fingerprint density at radius 2 is 1.88 bits per heavy atom. The molecule has 2 aromatic heterocycles. The van der Waals surface area contributed by atoms with Crippen LogP contribution in [0.1, 0.15) is 12.8 Å². The Kier molecular flexibility index (Phi) is 2.76. The van der Waals surface area contributed by atoms with Gasteiger partial charge in [0.1, 0.15) is 11.0 Å². The summed E-state index contributed by atoms with van der Waals surface area (Å²) >= 11 is 11.8. The van der Waals surface area contributed by atoms with Crippen molar-refractivity contribution in [3.05, 3.63) is 22.7 Å². The van der Waals surface area contributed by atoms with Crippen molar-refractivity contribution in [2.24, 2.45) is 0 Å². The smallest absolute Gasteiger partial charge is 0.224 e. The predicted octanol–water partition coefficient (Wildman–Crippen LogP) is 2.93. The highest BCUT2D eigenvalue weighted by Gasteiger charge is 2.15. The zero-order valence-corrected chi connectivity index (χ0v) is 10.5. The average Bonchev–Trinajstić information content (AvgIpc) is 2.82. The van der Waals surface area contributed by atoms with E-state index in [1.807, 2.05) is 6.07 Å². The van der Waals surface area contributed by atoms with Gasteiger partial charge >= 0.3 is 0 Å². The van der Waals surface area contributed by atoms with Crippen LogP contribution in [0.5, 0.6) is 0 Å². The number of halogens is 2. The number of nitrogens with zero attached hydrogens (tertiary/aromatic N) is 4. The van der Waals surface area contributed by atoms with Crippen LogP contribution in [-0.4, -0.2) is 28.0 Å². The second-order valence-electron chi connectivity index (χ2n) is 4.04. The number of anilines is 1. The zero-order chi connectivity index (χ0) is 11.8. The summed E-state index contributed by atoms with van der Waals surface area (Å²) in [5.74, 6) is 0.933. The molecule has 3 rings (SSSR count). The molecule has 1 fully saturated rings. The normalized spacial score (nSPS) is 15.8. The molecular formula is C11H10Cl2N4. The number of aromatic nitrogens is 3. The van der Waals surface area contributed by atoms with E-state index in [0.29, 0.717) is 10.7 Å². The van der Waals surface area contributed by atoms with Crippen molar-refractivity contribution in [1.82, 2.24) is 15.0 Å². The molecule has 6 heteroatoms. The van der Waals surface area contributed by atoms with Crippen LogP contribution in [-0.2, 0) is 0 Å². The summed E-state index contributed by atoms with van der Waals surface area (Å²) in [6.45, 7) is 2.09. The van der Waals surface area contributed by atoms with Gasteiger partial charge in [-0.15, -0.1) is 0 Å². The van der Waals surface area contributed by atoms with Crippen LogP contribution in [0.25, 0.3) is 10.9 Å². The molecule has 1 saturated heterocycles. The Labute approximate surface area is 109 Å². The van der Waals surface area contributed by atoms with E-state index in [4.69, 9.17) is 23.2 Å². The molecular weight excluding hydrogens is 259 g/mol. The van der Waals surface area contributed by atoms with Gasteiger partial charge in [0.15, 0.2) is 0 Å². The van der Waals surface area contributed by atoms with Crippen molar-refractivity contribution in [1.29, 1.82) is 0 Å². The van der Waals surface area contributed by atoms with Gasteiger partial charge in [0.05, 0.1) is 11.7 Å². The lowest BCUT2D eigenvalue weighted by molar-refractivity contribution is 0.939. The van der Waals surface area contributed by atoms with Crippen molar-refractivity contribution >= 4 is 39.9 Å². The Hall–Kier alpha value is -1.13. The molecule has 0 N–H and O–H groups in total. The molecule has 17 heavy (non-hydrogen) atoms. The Balaban J connectivity index is 2.11. The summed E-state index contributed by atoms with van der Waals surface area (Å²) in [5, 5.41) is 1.33. The van der Waals surface area contributed by atoms with Gasteiger partial charge < -0.3 is 4.90 Å². The summed E-state index contributed by atoms with van der Waals surface area (Å²) in [4.78, 5) is 14.7. The van der Waals surface area contributed by atoms with Crippen LogP contribution in [0.15, 0.2) is 12.3 Å². The summed E-state index contributed by atoms with van der Waals surface area (Å²) in [7, 11) is 0. The number of hydrogen-bond donors (Lipinski definition) is 0. The van der Waals surface area contributed by atoms with Gasteiger partial charge in [-0.05, 0) is 30.5 Å². The van der Waals surface area contributed by atoms with E-state index in [1.54, 1.807) is 6.20 Å². The minimum absolute atomic E-state index is 0.151. The Morgan fingerprint density at radius 3 is 2.65 bits per heavy atom. The first kappa shape index (κ1) is 11.0. The molecule has 0 aromatic carbocycles. The van der Waals surface area contributed by atoms with Crippen molar-refractivity contribution in [2.45, 2.75) is 12.8 Å². The Morgan fingerprint density at radius 1 is 1.12 bits per heavy atom. The van der Waals surface area contributed by atoms with Crippen LogP contribution in [0.2, 0.25) is 10.4 Å². The maximum absolute atomic E-state index is 6.06. The fourth-order valence-electron chi connectivity index (χ4n) is 2.08. The zero-order valence-electron chi connectivity index (χ0n) is 9.03. The van der Waals surface area contributed by atoms with E-state index >= 15 is 0 Å². The number of fused-ring (bicyclic) bond motifs is 1. The van der Waals surface area contributed by atoms with E-state index in [0.717, 1.165) is 24.3 Å². The standard InChI is InChI=1S/C11H10Cl2N4/c12-10-7-5-9(17-3-1-2-4-17)14-6-8(7)15-11(13)16-10/h5-6H,1-4H2. The highest BCUT2D eigenvalue weighted by Crippen LogP contribution is 2.26. The predicted molar refractivity (Wildman–Crippen MR) is 68.8 cm³/mol. The monoisotopic (exact) mass is 268 g/mol. The fraction of sp³-hybridized carbons (Fsp3) is 0.364. The SMILES string of the molecule is Clc1nc(Cl)c2cc(N3CCCC3)ncc2n1. The number of rotatable bonds is 1. The lowest BCUT2D eigenvalue weighted by Crippen LogP contribution is -2.18. The van der Waals surface area contributed by atoms with E-state index in [2.05, 4.69) is 19.9 Å². The molecule has 88 valence electrons. The van der Waals surface area contributed by atoms with Gasteiger partial charge in [-0.3, -0.25) is 0 Å². The highest BCUT2D eigenvalue weighted by molar-refractivity contribution is 6.35. The Bertz CT molecular complexity index is 567. The quantitative estimate of drug-likeness (QED) is 0.589. The van der Waals surface area contributed by atoms with E-state index in [9.17, 15) is 0 Å². The van der Waals surface area contributed by atoms with E-state index in [-0.39, 0.29) is 5.28 Å². The maximum Gasteiger partial charge on any atom is 0.224 e. The van der Waals surface area contributed by atoms with Gasteiger partial charge in [0, 0.05) is 18.5 Å². The van der Waals surface area contributed by atoms with Crippen LogP contribution in [0.4, 0.5) is 5.82 Å². The molecule has 2 aromatic rings. The molecule has 0 bridgehead atoms. The molecule has 0 unspecified atom stereocenters. The third kappa shape index (κ3) is 2.03. The molecule has 0 atom stereocenters. The van der Waals surface area contributed by atoms with Crippen LogP contribution < -0.4 is 4.90 Å². The number of pyridine rings is 1. The second kappa shape index (κ2) is 4.27. The van der Waals surface area contributed by atoms with Crippen LogP contribution in [0, 0.1) is 0 Å². The summed E-state index contributed by atoms with van der Waals surface area (Å²) in [6.07, 6.45) is 4.12. The summed E-state index contributed by atoms with van der Waals surface area (Å²) in [6, 6.07) is 1.93. The minimum Gasteiger partial charge on any atom is -0.357 e. The van der Waals surface area contributed by atoms with Gasteiger partial charge in [0.25, 0.3) is 0 Å². The molecule has 0 amide bonds. The van der Waals surface area contributed by atoms with Gasteiger partial charge in [-0.25, -0.2) is 15.0 Å². The molecule has 1 aliphatic rings. The third-order valence-corrected chi connectivity index (χ3v) is 3.38. The van der Waals surface area contributed by atoms with Crippen LogP contribution >= 0.6 is 23.2 Å². The maximum atomic E-state index is 6.06. The van der Waals surface area contributed by atoms with Gasteiger partial charge in [-0.1, -0.05) is 11.6 Å². The van der Waals surface area contributed by atoms with Crippen LogP contribution in [0.3, 0.4) is 0 Å². The van der Waals surface area contributed by atoms with Crippen molar-refractivity contribution in [2.75, 3.05) is 18.0 Å². The van der Waals surface area contributed by atoms with Crippen molar-refractivity contribution in [3.8, 4) is 0 Å². The molecule has 0 radical (unpaired) electrons. The third-order valence-electron chi connectivity index (χ3n) is 2.92. The molecule has 0 spiro atoms. The molecule has 3 heterocycles. The highest BCUT2D eigenvalue weighted by atomic mass is 35.5. The molecule has 0 saturated carbocycles. The summed E-state index contributed by atoms with van der Waals surface area (Å²) in [5.41, 5.74) is 0.679. The van der Waals surface area contributed by atoms with Crippen molar-refractivity contribution < 1.29 is 0 Å². The lowest BCUT2D eigenvalue weighted by Gasteiger charge is -2.16. The first-order valence-electron chi connectivity index (χ1n) is 5.48. The number of hydrogen-bond acceptors (Lipinski definition) is 4. The largest absolute Gasteiger partial charge is 0.357 e. The lowest BCUT2D eigenvalue weighted by atomic mass is 10.3. The van der Waals surface area contributed by atoms with E-state index < -0.39 is 0 Å². The molecule has 0 aliphatic carbocycles. The van der Waals surface area contributed by atoms with E-state index in [1.165, 1.54) is 12.8 Å². The first-order chi connectivity index (χ1) is 8.24. The van der Waals surface area contributed by atoms with Crippen molar-refractivity contribution in [3.63, 3.8) is 0 Å². The topological polar surface area (TPSA) is 41.9 Å². The van der Waals surface area contributed by atoms with Gasteiger partial charge in [-0.2, -0.15) is 0 Å². The average molecular weight is 269 g/mol. The second-order valence-corrected chi connectivity index (χ2v) is 4.73. The summed E-state index contributed by atoms with van der Waals surface area (Å²) < 4.78 is 0. The minimum atomic E-state index is 0.151. The fourth-order valence-corrected chi connectivity index (χ4v) is 2.53. The van der Waals surface area contributed by atoms with Gasteiger partial charge in [0.2, 0.25) is 5.28 Å². The molecule has 1 aliphatic heterocycles. The molecule has 4 nitrogen and oxygen atoms in total.